The maximum absolute atomic E-state index is 11.6. The standard InChI is InChI=1S/C11H22N2O/c1-5-8-10-12(4)13(7-3)11(14)9-6-2/h6,9H,5,7-8,10H2,1-4H3/b9-6-. The fourth-order valence-corrected chi connectivity index (χ4v) is 1.30. The second-order valence-electron chi connectivity index (χ2n) is 3.29. The molecule has 0 saturated heterocycles. The van der Waals surface area contributed by atoms with Crippen LogP contribution in [0.1, 0.15) is 33.6 Å². The molecule has 0 aromatic heterocycles. The fourth-order valence-electron chi connectivity index (χ4n) is 1.30. The molecule has 0 spiro atoms. The van der Waals surface area contributed by atoms with Gasteiger partial charge in [0, 0.05) is 26.2 Å². The molecule has 0 aliphatic heterocycles. The highest BCUT2D eigenvalue weighted by Gasteiger charge is 2.12. The second kappa shape index (κ2) is 7.56. The Labute approximate surface area is 87.4 Å². The Morgan fingerprint density at radius 2 is 2.00 bits per heavy atom. The molecule has 1 amide bonds. The first-order chi connectivity index (χ1) is 6.67. The Morgan fingerprint density at radius 1 is 1.36 bits per heavy atom. The third-order valence-corrected chi connectivity index (χ3v) is 2.11. The number of amides is 1. The van der Waals surface area contributed by atoms with Crippen LogP contribution in [0.25, 0.3) is 0 Å². The van der Waals surface area contributed by atoms with Crippen LogP contribution in [0.4, 0.5) is 0 Å². The van der Waals surface area contributed by atoms with Crippen LogP contribution in [-0.4, -0.2) is 36.1 Å². The van der Waals surface area contributed by atoms with Gasteiger partial charge in [-0.15, -0.1) is 0 Å². The third kappa shape index (κ3) is 4.42. The molecule has 0 N–H and O–H groups in total. The van der Waals surface area contributed by atoms with Gasteiger partial charge in [-0.2, -0.15) is 0 Å². The summed E-state index contributed by atoms with van der Waals surface area (Å²) in [5, 5.41) is 3.75. The van der Waals surface area contributed by atoms with E-state index in [0.717, 1.165) is 25.9 Å². The van der Waals surface area contributed by atoms with Crippen molar-refractivity contribution in [3.8, 4) is 0 Å². The van der Waals surface area contributed by atoms with Crippen molar-refractivity contribution in [2.45, 2.75) is 33.6 Å². The van der Waals surface area contributed by atoms with Crippen LogP contribution in [0, 0.1) is 0 Å². The molecule has 82 valence electrons. The minimum Gasteiger partial charge on any atom is -0.272 e. The number of unbranched alkanes of at least 4 members (excludes halogenated alkanes) is 1. The zero-order valence-corrected chi connectivity index (χ0v) is 9.79. The Morgan fingerprint density at radius 3 is 2.43 bits per heavy atom. The van der Waals surface area contributed by atoms with Gasteiger partial charge in [0.25, 0.3) is 5.91 Å². The molecule has 0 heterocycles. The normalized spacial score (nSPS) is 11.2. The zero-order valence-electron chi connectivity index (χ0n) is 9.79. The molecule has 0 radical (unpaired) electrons. The van der Waals surface area contributed by atoms with Gasteiger partial charge in [-0.3, -0.25) is 9.80 Å². The van der Waals surface area contributed by atoms with E-state index in [1.54, 1.807) is 17.2 Å². The van der Waals surface area contributed by atoms with Crippen molar-refractivity contribution < 1.29 is 4.79 Å². The summed E-state index contributed by atoms with van der Waals surface area (Å²) in [5.74, 6) is 0.0635. The average molecular weight is 198 g/mol. The average Bonchev–Trinajstić information content (AvgIpc) is 2.16. The minimum atomic E-state index is 0.0635. The fraction of sp³-hybridized carbons (Fsp3) is 0.727. The Bertz CT molecular complexity index is 190. The Kier molecular flexibility index (Phi) is 7.11. The maximum Gasteiger partial charge on any atom is 0.260 e. The molecule has 3 heteroatoms. The highest BCUT2D eigenvalue weighted by molar-refractivity contribution is 5.87. The quantitative estimate of drug-likeness (QED) is 0.482. The number of likely N-dealkylation sites (N-methyl/N-ethyl adjacent to an activating group) is 1. The molecule has 0 saturated carbocycles. The van der Waals surface area contributed by atoms with Gasteiger partial charge in [0.1, 0.15) is 0 Å². The molecule has 3 nitrogen and oxygen atoms in total. The number of hydrogen-bond donors (Lipinski definition) is 0. The summed E-state index contributed by atoms with van der Waals surface area (Å²) in [6.45, 7) is 7.66. The summed E-state index contributed by atoms with van der Waals surface area (Å²) in [4.78, 5) is 11.6. The first-order valence-electron chi connectivity index (χ1n) is 5.32. The first-order valence-corrected chi connectivity index (χ1v) is 5.32. The van der Waals surface area contributed by atoms with Crippen LogP contribution in [0.15, 0.2) is 12.2 Å². The van der Waals surface area contributed by atoms with Gasteiger partial charge in [-0.25, -0.2) is 5.01 Å². The van der Waals surface area contributed by atoms with Crippen LogP contribution in [0.2, 0.25) is 0 Å². The molecule has 0 unspecified atom stereocenters. The SMILES string of the molecule is C/C=C\C(=O)N(CC)N(C)CCCC. The molecule has 0 aliphatic carbocycles. The van der Waals surface area contributed by atoms with E-state index in [4.69, 9.17) is 0 Å². The minimum absolute atomic E-state index is 0.0635. The molecule has 0 bridgehead atoms. The highest BCUT2D eigenvalue weighted by atomic mass is 16.2. The number of nitrogens with zero attached hydrogens (tertiary/aromatic N) is 2. The van der Waals surface area contributed by atoms with Gasteiger partial charge in [0.05, 0.1) is 0 Å². The van der Waals surface area contributed by atoms with Crippen LogP contribution < -0.4 is 0 Å². The number of rotatable bonds is 6. The number of hydrazine groups is 1. The molecular weight excluding hydrogens is 176 g/mol. The van der Waals surface area contributed by atoms with Gasteiger partial charge in [0.15, 0.2) is 0 Å². The van der Waals surface area contributed by atoms with E-state index in [1.807, 2.05) is 25.9 Å². The van der Waals surface area contributed by atoms with Crippen LogP contribution in [-0.2, 0) is 4.79 Å². The van der Waals surface area contributed by atoms with Crippen molar-refractivity contribution in [3.05, 3.63) is 12.2 Å². The maximum atomic E-state index is 11.6. The molecule has 0 atom stereocenters. The third-order valence-electron chi connectivity index (χ3n) is 2.11. The van der Waals surface area contributed by atoms with Crippen molar-refractivity contribution >= 4 is 5.91 Å². The summed E-state index contributed by atoms with van der Waals surface area (Å²) in [7, 11) is 1.96. The molecule has 0 aliphatic rings. The van der Waals surface area contributed by atoms with E-state index in [9.17, 15) is 4.79 Å². The molecule has 0 aromatic rings. The lowest BCUT2D eigenvalue weighted by Gasteiger charge is -2.30. The van der Waals surface area contributed by atoms with E-state index in [-0.39, 0.29) is 5.91 Å². The number of carbonyl (C=O) groups excluding carboxylic acids is 1. The molecular formula is C11H22N2O. The lowest BCUT2D eigenvalue weighted by Crippen LogP contribution is -2.43. The summed E-state index contributed by atoms with van der Waals surface area (Å²) in [6, 6.07) is 0. The predicted octanol–water partition coefficient (Wildman–Crippen LogP) is 2.06. The van der Waals surface area contributed by atoms with Gasteiger partial charge in [-0.1, -0.05) is 19.4 Å². The number of hydrogen-bond acceptors (Lipinski definition) is 2. The number of allylic oxidation sites excluding steroid dienone is 1. The Hall–Kier alpha value is -0.830. The van der Waals surface area contributed by atoms with E-state index in [1.165, 1.54) is 0 Å². The summed E-state index contributed by atoms with van der Waals surface area (Å²) in [5.41, 5.74) is 0. The molecule has 0 fully saturated rings. The number of carbonyl (C=O) groups is 1. The topological polar surface area (TPSA) is 23.6 Å². The van der Waals surface area contributed by atoms with Gasteiger partial charge in [0.2, 0.25) is 0 Å². The highest BCUT2D eigenvalue weighted by Crippen LogP contribution is 1.99. The van der Waals surface area contributed by atoms with E-state index in [2.05, 4.69) is 6.92 Å². The van der Waals surface area contributed by atoms with Crippen molar-refractivity contribution in [1.82, 2.24) is 10.0 Å². The monoisotopic (exact) mass is 198 g/mol. The van der Waals surface area contributed by atoms with Crippen molar-refractivity contribution in [1.29, 1.82) is 0 Å². The van der Waals surface area contributed by atoms with Crippen molar-refractivity contribution in [2.24, 2.45) is 0 Å². The smallest absolute Gasteiger partial charge is 0.260 e. The first kappa shape index (κ1) is 13.2. The van der Waals surface area contributed by atoms with Crippen LogP contribution in [0.3, 0.4) is 0 Å². The van der Waals surface area contributed by atoms with Gasteiger partial charge < -0.3 is 0 Å². The summed E-state index contributed by atoms with van der Waals surface area (Å²) >= 11 is 0. The van der Waals surface area contributed by atoms with Crippen molar-refractivity contribution in [2.75, 3.05) is 20.1 Å². The lowest BCUT2D eigenvalue weighted by molar-refractivity contribution is -0.140. The zero-order chi connectivity index (χ0) is 11.0. The van der Waals surface area contributed by atoms with E-state index in [0.29, 0.717) is 0 Å². The predicted molar refractivity (Wildman–Crippen MR) is 59.7 cm³/mol. The van der Waals surface area contributed by atoms with Crippen molar-refractivity contribution in [3.63, 3.8) is 0 Å². The largest absolute Gasteiger partial charge is 0.272 e. The van der Waals surface area contributed by atoms with E-state index >= 15 is 0 Å². The summed E-state index contributed by atoms with van der Waals surface area (Å²) in [6.07, 6.45) is 5.65. The van der Waals surface area contributed by atoms with Crippen LogP contribution in [0.5, 0.6) is 0 Å². The lowest BCUT2D eigenvalue weighted by atomic mass is 10.3. The second-order valence-corrected chi connectivity index (χ2v) is 3.29. The van der Waals surface area contributed by atoms with Gasteiger partial charge in [-0.05, 0) is 20.3 Å². The molecule has 14 heavy (non-hydrogen) atoms. The molecule has 0 rings (SSSR count). The summed E-state index contributed by atoms with van der Waals surface area (Å²) < 4.78 is 0. The molecule has 0 aromatic carbocycles. The van der Waals surface area contributed by atoms with Gasteiger partial charge >= 0.3 is 0 Å². The Balaban J connectivity index is 4.17. The van der Waals surface area contributed by atoms with E-state index < -0.39 is 0 Å². The van der Waals surface area contributed by atoms with Crippen LogP contribution >= 0.6 is 0 Å².